The molecular formula is C26H43F2N2O3P. The van der Waals surface area contributed by atoms with Crippen molar-refractivity contribution in [3.63, 3.8) is 0 Å². The van der Waals surface area contributed by atoms with Gasteiger partial charge in [0.25, 0.3) is 5.66 Å². The number of allylic oxidation sites excluding steroid dienone is 5. The second-order valence-corrected chi connectivity index (χ2v) is 10.4. The van der Waals surface area contributed by atoms with Crippen molar-refractivity contribution in [2.75, 3.05) is 19.8 Å². The zero-order valence-corrected chi connectivity index (χ0v) is 22.7. The predicted octanol–water partition coefficient (Wildman–Crippen LogP) is 5.45. The van der Waals surface area contributed by atoms with Crippen molar-refractivity contribution < 1.29 is 23.4 Å². The number of nitrogens with zero attached hydrogens (tertiary/aromatic N) is 1. The number of aliphatic hydroxyl groups excluding tert-OH is 1. The maximum atomic E-state index is 14.1. The van der Waals surface area contributed by atoms with Gasteiger partial charge in [0, 0.05) is 11.8 Å². The standard InChI is InChI=1S/C26H43F2N2O3P/c1-7-9-20(13-18(5)25(10-11-25)26(27,28)34)19(6)30-23(8-2)24(32)16-33-15-21(12-17(3)4)22(29)14-31/h8-9,13,17,21-22,31H,7,10-12,14-16,29,34H2,1-6H3/b18-13+,20-9-,23-8-,30-19-. The molecule has 0 amide bonds. The maximum Gasteiger partial charge on any atom is 0.268 e. The van der Waals surface area contributed by atoms with E-state index in [0.29, 0.717) is 36.5 Å². The molecule has 0 heterocycles. The Balaban J connectivity index is 2.93. The first-order chi connectivity index (χ1) is 15.8. The van der Waals surface area contributed by atoms with Gasteiger partial charge in [0.2, 0.25) is 5.78 Å². The number of ether oxygens (including phenoxy) is 1. The molecule has 1 rings (SSSR count). The van der Waals surface area contributed by atoms with E-state index in [-0.39, 0.29) is 37.2 Å². The summed E-state index contributed by atoms with van der Waals surface area (Å²) in [5.41, 5.74) is 4.22. The first kappa shape index (κ1) is 30.8. The van der Waals surface area contributed by atoms with Gasteiger partial charge in [-0.2, -0.15) is 0 Å². The van der Waals surface area contributed by atoms with E-state index < -0.39 is 17.1 Å². The number of carbonyl (C=O) groups is 1. The number of hydrogen-bond donors (Lipinski definition) is 2. The van der Waals surface area contributed by atoms with Gasteiger partial charge >= 0.3 is 0 Å². The van der Waals surface area contributed by atoms with Gasteiger partial charge in [-0.25, -0.2) is 13.8 Å². The number of carbonyl (C=O) groups excluding carboxylic acids is 1. The molecule has 0 aromatic rings. The van der Waals surface area contributed by atoms with Gasteiger partial charge in [-0.05, 0) is 63.9 Å². The Bertz CT molecular complexity index is 809. The summed E-state index contributed by atoms with van der Waals surface area (Å²) in [5, 5.41) is 9.38. The molecule has 3 atom stereocenters. The maximum absolute atomic E-state index is 14.1. The molecule has 0 aliphatic heterocycles. The van der Waals surface area contributed by atoms with E-state index in [2.05, 4.69) is 18.8 Å². The van der Waals surface area contributed by atoms with Crippen LogP contribution >= 0.6 is 9.24 Å². The van der Waals surface area contributed by atoms with E-state index >= 15 is 0 Å². The highest BCUT2D eigenvalue weighted by atomic mass is 31.0. The average Bonchev–Trinajstić information content (AvgIpc) is 3.57. The lowest BCUT2D eigenvalue weighted by Gasteiger charge is -2.24. The van der Waals surface area contributed by atoms with Gasteiger partial charge in [-0.15, -0.1) is 0 Å². The number of halogens is 2. The Morgan fingerprint density at radius 2 is 1.94 bits per heavy atom. The van der Waals surface area contributed by atoms with Crippen molar-refractivity contribution in [2.24, 2.45) is 28.0 Å². The van der Waals surface area contributed by atoms with Crippen molar-refractivity contribution in [3.05, 3.63) is 35.1 Å². The number of aliphatic hydroxyl groups is 1. The van der Waals surface area contributed by atoms with Crippen LogP contribution in [0.2, 0.25) is 0 Å². The van der Waals surface area contributed by atoms with Crippen molar-refractivity contribution in [3.8, 4) is 0 Å². The van der Waals surface area contributed by atoms with Gasteiger partial charge < -0.3 is 15.6 Å². The molecule has 1 saturated carbocycles. The fourth-order valence-electron chi connectivity index (χ4n) is 4.05. The fourth-order valence-corrected chi connectivity index (χ4v) is 4.57. The smallest absolute Gasteiger partial charge is 0.268 e. The average molecular weight is 501 g/mol. The lowest BCUT2D eigenvalue weighted by molar-refractivity contribution is -0.120. The molecule has 194 valence electrons. The van der Waals surface area contributed by atoms with Crippen LogP contribution in [0.1, 0.15) is 67.2 Å². The highest BCUT2D eigenvalue weighted by molar-refractivity contribution is 7.18. The first-order valence-electron chi connectivity index (χ1n) is 12.1. The Kier molecular flexibility index (Phi) is 12.4. The Morgan fingerprint density at radius 1 is 1.32 bits per heavy atom. The van der Waals surface area contributed by atoms with E-state index in [1.807, 2.05) is 13.0 Å². The number of nitrogens with two attached hydrogens (primary N) is 1. The summed E-state index contributed by atoms with van der Waals surface area (Å²) >= 11 is 0. The number of aliphatic imine (C=N–C) groups is 1. The molecule has 3 unspecified atom stereocenters. The van der Waals surface area contributed by atoms with Crippen LogP contribution in [-0.4, -0.2) is 48.1 Å². The fraction of sp³-hybridized carbons (Fsp3) is 0.692. The number of Topliss-reactive ketones (excluding diaryl/α,β-unsaturated/α-hetero) is 1. The van der Waals surface area contributed by atoms with E-state index in [1.165, 1.54) is 0 Å². The SMILES string of the molecule is C\C=C(/N=C(C)\C(=C/CC)\C=C(/C)C1(C(F)(F)P)CC1)C(=O)COCC(CC(C)C)C(N)CO. The van der Waals surface area contributed by atoms with Crippen LogP contribution in [0.5, 0.6) is 0 Å². The van der Waals surface area contributed by atoms with Gasteiger partial charge in [0.15, 0.2) is 0 Å². The molecule has 0 radical (unpaired) electrons. The molecule has 0 aromatic carbocycles. The third-order valence-corrected chi connectivity index (χ3v) is 6.91. The number of rotatable bonds is 15. The third kappa shape index (κ3) is 8.75. The second-order valence-electron chi connectivity index (χ2n) is 9.65. The van der Waals surface area contributed by atoms with E-state index in [1.54, 1.807) is 42.2 Å². The van der Waals surface area contributed by atoms with Crippen LogP contribution < -0.4 is 5.73 Å². The lowest BCUT2D eigenvalue weighted by atomic mass is 9.92. The van der Waals surface area contributed by atoms with Crippen LogP contribution in [-0.2, 0) is 9.53 Å². The van der Waals surface area contributed by atoms with Crippen LogP contribution in [0.25, 0.3) is 0 Å². The molecule has 1 fully saturated rings. The topological polar surface area (TPSA) is 84.9 Å². The minimum Gasteiger partial charge on any atom is -0.395 e. The summed E-state index contributed by atoms with van der Waals surface area (Å²) in [4.78, 5) is 17.2. The van der Waals surface area contributed by atoms with Crippen molar-refractivity contribution in [1.29, 1.82) is 0 Å². The highest BCUT2D eigenvalue weighted by Gasteiger charge is 2.60. The largest absolute Gasteiger partial charge is 0.395 e. The summed E-state index contributed by atoms with van der Waals surface area (Å²) in [7, 11) is 1.68. The summed E-state index contributed by atoms with van der Waals surface area (Å²) in [6, 6.07) is -0.403. The molecule has 1 aliphatic rings. The van der Waals surface area contributed by atoms with Crippen LogP contribution in [0, 0.1) is 17.3 Å². The number of ketones is 1. The summed E-state index contributed by atoms with van der Waals surface area (Å²) in [6.45, 7) is 11.3. The molecule has 0 aromatic heterocycles. The zero-order chi connectivity index (χ0) is 26.1. The minimum absolute atomic E-state index is 0.0473. The second kappa shape index (κ2) is 13.7. The Labute approximate surface area is 206 Å². The zero-order valence-electron chi connectivity index (χ0n) is 21.5. The Morgan fingerprint density at radius 3 is 2.38 bits per heavy atom. The third-order valence-electron chi connectivity index (χ3n) is 6.36. The van der Waals surface area contributed by atoms with Crippen molar-refractivity contribution in [2.45, 2.75) is 78.9 Å². The van der Waals surface area contributed by atoms with Gasteiger partial charge in [0.05, 0.1) is 18.6 Å². The van der Waals surface area contributed by atoms with Crippen LogP contribution in [0.4, 0.5) is 8.78 Å². The molecule has 0 spiro atoms. The van der Waals surface area contributed by atoms with Gasteiger partial charge in [-0.3, -0.25) is 4.79 Å². The van der Waals surface area contributed by atoms with Crippen LogP contribution in [0.15, 0.2) is 40.1 Å². The van der Waals surface area contributed by atoms with Crippen molar-refractivity contribution in [1.82, 2.24) is 0 Å². The quantitative estimate of drug-likeness (QED) is 0.136. The monoisotopic (exact) mass is 500 g/mol. The summed E-state index contributed by atoms with van der Waals surface area (Å²) in [5.74, 6) is 0.0740. The predicted molar refractivity (Wildman–Crippen MR) is 139 cm³/mol. The lowest BCUT2D eigenvalue weighted by Crippen LogP contribution is -2.37. The van der Waals surface area contributed by atoms with E-state index in [9.17, 15) is 18.7 Å². The minimum atomic E-state index is -2.86. The van der Waals surface area contributed by atoms with Gasteiger partial charge in [-0.1, -0.05) is 53.8 Å². The molecule has 8 heteroatoms. The number of alkyl halides is 2. The first-order valence-corrected chi connectivity index (χ1v) is 12.7. The molecular weight excluding hydrogens is 457 g/mol. The molecule has 34 heavy (non-hydrogen) atoms. The molecule has 5 nitrogen and oxygen atoms in total. The molecule has 0 bridgehead atoms. The normalized spacial score (nSPS) is 19.4. The summed E-state index contributed by atoms with van der Waals surface area (Å²) < 4.78 is 33.9. The van der Waals surface area contributed by atoms with Gasteiger partial charge in [0.1, 0.15) is 12.3 Å². The summed E-state index contributed by atoms with van der Waals surface area (Å²) in [6.07, 6.45) is 7.73. The highest BCUT2D eigenvalue weighted by Crippen LogP contribution is 2.64. The Hall–Kier alpha value is -1.27. The van der Waals surface area contributed by atoms with Crippen LogP contribution in [0.3, 0.4) is 0 Å². The molecule has 0 saturated heterocycles. The molecule has 1 aliphatic carbocycles. The van der Waals surface area contributed by atoms with E-state index in [0.717, 1.165) is 12.0 Å². The van der Waals surface area contributed by atoms with E-state index in [4.69, 9.17) is 10.5 Å². The van der Waals surface area contributed by atoms with Crippen molar-refractivity contribution >= 4 is 20.7 Å². The molecule has 3 N–H and O–H groups in total. The number of hydrogen-bond acceptors (Lipinski definition) is 5.